The second-order valence-electron chi connectivity index (χ2n) is 32.0. The molecule has 0 amide bonds. The Balaban J connectivity index is 0.000000132. The lowest BCUT2D eigenvalue weighted by Crippen LogP contribution is -2.38. The summed E-state index contributed by atoms with van der Waals surface area (Å²) in [6.07, 6.45) is 15.4. The Morgan fingerprint density at radius 1 is 0.327 bits per heavy atom. The summed E-state index contributed by atoms with van der Waals surface area (Å²) in [5, 5.41) is 30.2. The Kier molecular flexibility index (Phi) is 26.2. The highest BCUT2D eigenvalue weighted by molar-refractivity contribution is 6.17. The molecule has 113 heavy (non-hydrogen) atoms. The largest absolute Gasteiger partial charge is 0.395 e. The van der Waals surface area contributed by atoms with Crippen LogP contribution in [0.5, 0.6) is 0 Å². The van der Waals surface area contributed by atoms with Crippen LogP contribution in [-0.2, 0) is 26.2 Å². The number of carbonyl (C=O) groups excluding carboxylic acids is 8. The van der Waals surface area contributed by atoms with Gasteiger partial charge in [-0.2, -0.15) is 0 Å². The summed E-state index contributed by atoms with van der Waals surface area (Å²) in [5.41, 5.74) is 14.5. The van der Waals surface area contributed by atoms with Crippen LogP contribution in [0.25, 0.3) is 87.2 Å². The predicted octanol–water partition coefficient (Wildman–Crippen LogP) is 17.8. The number of carbonyl (C=O) groups is 8. The lowest BCUT2D eigenvalue weighted by atomic mass is 10.0. The standard InChI is InChI=1S/C25H28N2O2.C25H30N2O2.C24H28N2O3.C21H24N2O3/c1-16(28)19-5-8-24-22(13-19)23-14-20(17(2)29)6-9-25(23)27(24)11-3-10-26-15-18-4-7-21(26)12-18;1-18(28)20-8-10-24-22(16-20)23-17-21(19(2)29)9-11-25(23)27(24)15-7-14-26-12-5-3-4-6-13-26;1-16(27)18-6-8-23-21(13-18)22-14-19(17(2)28)7-9-24(22)26(23)12-4-11-25-10-3-5-20(29)15-25;1-14(25)16-4-6-20-18(12-16)19-13-17(15(2)26)5-7-21(19)23(20)10-3-8-22-9-11-24/h5-6,8-9,13-14,18,21H,3-4,7,10-12,15H2,1-2H3;8-11,16-17H,3-7,12-15H2,1-2H3;6-9,13-14,20,29H,3-5,10-12,15H2,1-2H3;4-7,12-13,22,24H,3,8-11H2,1-2H3. The number of nitrogens with zero attached hydrogens (tertiary/aromatic N) is 7. The molecule has 18 heteroatoms. The van der Waals surface area contributed by atoms with Crippen LogP contribution in [0.4, 0.5) is 0 Å². The molecule has 3 aliphatic heterocycles. The van der Waals surface area contributed by atoms with Gasteiger partial charge in [0.05, 0.1) is 12.7 Å². The zero-order chi connectivity index (χ0) is 79.7. The lowest BCUT2D eigenvalue weighted by molar-refractivity contribution is 0.0696. The summed E-state index contributed by atoms with van der Waals surface area (Å²) in [7, 11) is 0. The third-order valence-electron chi connectivity index (χ3n) is 24.0. The van der Waals surface area contributed by atoms with Crippen LogP contribution in [0, 0.1) is 5.92 Å². The molecule has 3 N–H and O–H groups in total. The molecular formula is C95H110N8O10. The van der Waals surface area contributed by atoms with Crippen molar-refractivity contribution in [2.45, 2.75) is 177 Å². The molecule has 0 spiro atoms. The second-order valence-corrected chi connectivity index (χ2v) is 32.0. The number of aliphatic hydroxyl groups is 2. The SMILES string of the molecule is CC(=O)c1ccc2c(c1)c1cc(C(C)=O)ccc1n2CCCN1CC2CCC1C2.CC(=O)c1ccc2c(c1)c1cc(C(C)=O)ccc1n2CCCN1CCCC(O)C1.CC(=O)c1ccc2c(c1)c1cc(C(C)=O)ccc1n2CCCN1CCCCCC1.CC(=O)c1ccc2c(c1)c1cc(C(C)=O)ccc1n2CCCNCCO. The minimum Gasteiger partial charge on any atom is -0.395 e. The quantitative estimate of drug-likeness (QED) is 0.0339. The molecule has 16 rings (SSSR count). The second kappa shape index (κ2) is 36.5. The maximum absolute atomic E-state index is 11.9. The van der Waals surface area contributed by atoms with Crippen molar-refractivity contribution in [1.82, 2.24) is 38.3 Å². The van der Waals surface area contributed by atoms with Crippen molar-refractivity contribution in [3.63, 3.8) is 0 Å². The molecule has 1 saturated carbocycles. The van der Waals surface area contributed by atoms with Gasteiger partial charge in [0.15, 0.2) is 46.3 Å². The van der Waals surface area contributed by atoms with E-state index in [1.54, 1.807) is 55.4 Å². The summed E-state index contributed by atoms with van der Waals surface area (Å²) in [6.45, 7) is 26.6. The normalized spacial score (nSPS) is 16.7. The molecule has 7 heterocycles. The fourth-order valence-electron chi connectivity index (χ4n) is 17.9. The molecule has 0 radical (unpaired) electrons. The van der Waals surface area contributed by atoms with E-state index in [0.29, 0.717) is 39.9 Å². The minimum absolute atomic E-state index is 0.0312. The first kappa shape index (κ1) is 81.1. The Labute approximate surface area is 662 Å². The van der Waals surface area contributed by atoms with Crippen molar-refractivity contribution >= 4 is 133 Å². The number of benzene rings is 8. The van der Waals surface area contributed by atoms with Gasteiger partial charge in [-0.15, -0.1) is 0 Å². The maximum atomic E-state index is 11.9. The predicted molar refractivity (Wildman–Crippen MR) is 456 cm³/mol. The number of β-amino-alcohol motifs (C(OH)–C–C–N with tert-alkyl or cyclic N) is 1. The van der Waals surface area contributed by atoms with Crippen LogP contribution in [0.3, 0.4) is 0 Å². The lowest BCUT2D eigenvalue weighted by Gasteiger charge is -2.30. The molecular weight excluding hydrogens is 1410 g/mol. The van der Waals surface area contributed by atoms with Gasteiger partial charge in [-0.3, -0.25) is 38.4 Å². The molecule has 18 nitrogen and oxygen atoms in total. The van der Waals surface area contributed by atoms with Crippen molar-refractivity contribution in [2.24, 2.45) is 5.92 Å². The minimum atomic E-state index is -0.202. The third-order valence-corrected chi connectivity index (χ3v) is 24.0. The number of nitrogens with one attached hydrogen (secondary N) is 1. The van der Waals surface area contributed by atoms with Gasteiger partial charge < -0.3 is 48.5 Å². The van der Waals surface area contributed by atoms with E-state index < -0.39 is 0 Å². The molecule has 590 valence electrons. The number of aromatic nitrogens is 4. The topological polar surface area (TPSA) is 218 Å². The number of aryl methyl sites for hydroxylation is 4. The van der Waals surface area contributed by atoms with Gasteiger partial charge in [-0.25, -0.2) is 0 Å². The highest BCUT2D eigenvalue weighted by atomic mass is 16.3. The van der Waals surface area contributed by atoms with Gasteiger partial charge >= 0.3 is 0 Å². The van der Waals surface area contributed by atoms with Gasteiger partial charge in [0.2, 0.25) is 0 Å². The van der Waals surface area contributed by atoms with Crippen molar-refractivity contribution < 1.29 is 48.6 Å². The first-order chi connectivity index (χ1) is 54.5. The van der Waals surface area contributed by atoms with E-state index in [0.717, 1.165) is 214 Å². The van der Waals surface area contributed by atoms with Crippen LogP contribution < -0.4 is 5.32 Å². The van der Waals surface area contributed by atoms with Crippen LogP contribution in [0.15, 0.2) is 146 Å². The molecule has 4 aliphatic rings. The molecule has 3 saturated heterocycles. The maximum Gasteiger partial charge on any atom is 0.159 e. The van der Waals surface area contributed by atoms with Gasteiger partial charge in [0, 0.05) is 190 Å². The fraction of sp³-hybridized carbons (Fsp3) is 0.411. The molecule has 3 atom stereocenters. The highest BCUT2D eigenvalue weighted by Crippen LogP contribution is 2.39. The van der Waals surface area contributed by atoms with E-state index in [1.165, 1.54) is 64.6 Å². The summed E-state index contributed by atoms with van der Waals surface area (Å²) in [5.74, 6) is 1.35. The average Bonchev–Trinajstić information content (AvgIpc) is 1.62. The number of likely N-dealkylation sites (tertiary alicyclic amines) is 3. The number of rotatable bonds is 26. The third kappa shape index (κ3) is 18.5. The number of aliphatic hydroxyl groups excluding tert-OH is 2. The van der Waals surface area contributed by atoms with E-state index in [2.05, 4.69) is 62.6 Å². The number of Topliss-reactive ketones (excluding diaryl/α,β-unsaturated/α-hetero) is 8. The van der Waals surface area contributed by atoms with Crippen molar-refractivity contribution in [3.05, 3.63) is 190 Å². The summed E-state index contributed by atoms with van der Waals surface area (Å²) >= 11 is 0. The fourth-order valence-corrected chi connectivity index (χ4v) is 17.9. The smallest absolute Gasteiger partial charge is 0.159 e. The van der Waals surface area contributed by atoms with Crippen molar-refractivity contribution in [2.75, 3.05) is 72.1 Å². The molecule has 3 unspecified atom stereocenters. The number of hydrogen-bond acceptors (Lipinski definition) is 14. The molecule has 8 aromatic carbocycles. The van der Waals surface area contributed by atoms with Crippen LogP contribution >= 0.6 is 0 Å². The van der Waals surface area contributed by atoms with Crippen molar-refractivity contribution in [1.29, 1.82) is 0 Å². The van der Waals surface area contributed by atoms with E-state index in [1.807, 2.05) is 121 Å². The number of ketones is 8. The zero-order valence-corrected chi connectivity index (χ0v) is 67.2. The van der Waals surface area contributed by atoms with Gasteiger partial charge in [-0.05, 0) is 317 Å². The molecule has 1 aliphatic carbocycles. The Hall–Kier alpha value is -9.92. The van der Waals surface area contributed by atoms with Gasteiger partial charge in [-0.1, -0.05) is 12.8 Å². The average molecular weight is 1520 g/mol. The van der Waals surface area contributed by atoms with E-state index in [9.17, 15) is 43.5 Å². The van der Waals surface area contributed by atoms with E-state index in [4.69, 9.17) is 5.11 Å². The van der Waals surface area contributed by atoms with Crippen molar-refractivity contribution in [3.8, 4) is 0 Å². The molecule has 4 aromatic heterocycles. The molecule has 12 aromatic rings. The van der Waals surface area contributed by atoms with Gasteiger partial charge in [0.25, 0.3) is 0 Å². The van der Waals surface area contributed by atoms with E-state index >= 15 is 0 Å². The Morgan fingerprint density at radius 3 is 0.894 bits per heavy atom. The van der Waals surface area contributed by atoms with Crippen LogP contribution in [0.1, 0.15) is 222 Å². The molecule has 2 bridgehead atoms. The first-order valence-electron chi connectivity index (χ1n) is 41.0. The van der Waals surface area contributed by atoms with Gasteiger partial charge in [0.1, 0.15) is 0 Å². The van der Waals surface area contributed by atoms with E-state index in [-0.39, 0.29) is 59.0 Å². The number of piperidine rings is 2. The highest BCUT2D eigenvalue weighted by Gasteiger charge is 2.37. The molecule has 4 fully saturated rings. The summed E-state index contributed by atoms with van der Waals surface area (Å²) < 4.78 is 9.25. The Bertz CT molecular complexity index is 5170. The van der Waals surface area contributed by atoms with Crippen LogP contribution in [0.2, 0.25) is 0 Å². The number of fused-ring (bicyclic) bond motifs is 14. The number of hydrogen-bond donors (Lipinski definition) is 3. The summed E-state index contributed by atoms with van der Waals surface area (Å²) in [4.78, 5) is 103. The first-order valence-corrected chi connectivity index (χ1v) is 41.0. The zero-order valence-electron chi connectivity index (χ0n) is 67.2. The monoisotopic (exact) mass is 1520 g/mol. The Morgan fingerprint density at radius 2 is 0.619 bits per heavy atom. The summed E-state index contributed by atoms with van der Waals surface area (Å²) in [6, 6.07) is 47.9. The van der Waals surface area contributed by atoms with Crippen LogP contribution in [-0.4, -0.2) is 174 Å².